The summed E-state index contributed by atoms with van der Waals surface area (Å²) >= 11 is 0. The second kappa shape index (κ2) is 4.30. The Morgan fingerprint density at radius 3 is 2.61 bits per heavy atom. The van der Waals surface area contributed by atoms with Gasteiger partial charge in [-0.25, -0.2) is 8.78 Å². The Morgan fingerprint density at radius 1 is 1.11 bits per heavy atom. The molecule has 1 aromatic carbocycles. The molecule has 3 heteroatoms. The van der Waals surface area contributed by atoms with Crippen molar-refractivity contribution in [1.82, 2.24) is 0 Å². The molecule has 2 N–H and O–H groups in total. The standard InChI is InChI=1S/C15H19F2N/c16-12-5-6-14(17)13(8-12)15(18)7-1-2-11(9-15)10-3-4-10/h5-6,8,10-11H,1-4,7,9,18H2. The van der Waals surface area contributed by atoms with Crippen molar-refractivity contribution >= 4 is 0 Å². The molecule has 98 valence electrons. The highest BCUT2D eigenvalue weighted by Crippen LogP contribution is 2.48. The van der Waals surface area contributed by atoms with E-state index in [4.69, 9.17) is 5.73 Å². The van der Waals surface area contributed by atoms with Crippen LogP contribution >= 0.6 is 0 Å². The molecule has 0 bridgehead atoms. The predicted octanol–water partition coefficient (Wildman–Crippen LogP) is 3.72. The van der Waals surface area contributed by atoms with Crippen LogP contribution in [0.4, 0.5) is 8.78 Å². The smallest absolute Gasteiger partial charge is 0.128 e. The summed E-state index contributed by atoms with van der Waals surface area (Å²) in [5.41, 5.74) is 6.10. The molecule has 0 radical (unpaired) electrons. The van der Waals surface area contributed by atoms with E-state index in [0.717, 1.165) is 31.2 Å². The second-order valence-corrected chi connectivity index (χ2v) is 5.97. The quantitative estimate of drug-likeness (QED) is 0.851. The van der Waals surface area contributed by atoms with Crippen LogP contribution in [0.25, 0.3) is 0 Å². The summed E-state index contributed by atoms with van der Waals surface area (Å²) in [6.45, 7) is 0. The van der Waals surface area contributed by atoms with Crippen LogP contribution in [0.15, 0.2) is 18.2 Å². The maximum atomic E-state index is 13.9. The molecule has 18 heavy (non-hydrogen) atoms. The lowest BCUT2D eigenvalue weighted by atomic mass is 9.71. The third-order valence-electron chi connectivity index (χ3n) is 4.58. The molecule has 0 aromatic heterocycles. The number of rotatable bonds is 2. The van der Waals surface area contributed by atoms with Crippen molar-refractivity contribution in [3.63, 3.8) is 0 Å². The number of nitrogens with two attached hydrogens (primary N) is 1. The van der Waals surface area contributed by atoms with Crippen LogP contribution < -0.4 is 5.73 Å². The number of hydrogen-bond acceptors (Lipinski definition) is 1. The first kappa shape index (κ1) is 12.1. The van der Waals surface area contributed by atoms with E-state index in [-0.39, 0.29) is 5.82 Å². The van der Waals surface area contributed by atoms with Gasteiger partial charge in [0.05, 0.1) is 0 Å². The maximum Gasteiger partial charge on any atom is 0.128 e. The highest BCUT2D eigenvalue weighted by molar-refractivity contribution is 5.27. The number of halogens is 2. The summed E-state index contributed by atoms with van der Waals surface area (Å²) in [5, 5.41) is 0. The monoisotopic (exact) mass is 251 g/mol. The topological polar surface area (TPSA) is 26.0 Å². The summed E-state index contributed by atoms with van der Waals surface area (Å²) in [4.78, 5) is 0. The average molecular weight is 251 g/mol. The number of benzene rings is 1. The third kappa shape index (κ3) is 2.16. The highest BCUT2D eigenvalue weighted by Gasteiger charge is 2.41. The Kier molecular flexibility index (Phi) is 2.89. The minimum absolute atomic E-state index is 0.365. The van der Waals surface area contributed by atoms with Gasteiger partial charge in [0.1, 0.15) is 11.6 Å². The van der Waals surface area contributed by atoms with Gasteiger partial charge in [-0.1, -0.05) is 12.8 Å². The summed E-state index contributed by atoms with van der Waals surface area (Å²) < 4.78 is 27.2. The minimum atomic E-state index is -0.669. The Hall–Kier alpha value is -0.960. The molecule has 1 aromatic rings. The SMILES string of the molecule is NC1(c2cc(F)ccc2F)CCCC(C2CC2)C1. The van der Waals surface area contributed by atoms with Crippen LogP contribution in [-0.2, 0) is 5.54 Å². The summed E-state index contributed by atoms with van der Waals surface area (Å²) in [6.07, 6.45) is 6.35. The fourth-order valence-electron chi connectivity index (χ4n) is 3.45. The van der Waals surface area contributed by atoms with Crippen molar-refractivity contribution in [2.75, 3.05) is 0 Å². The molecule has 3 rings (SSSR count). The van der Waals surface area contributed by atoms with Gasteiger partial charge in [-0.2, -0.15) is 0 Å². The first-order chi connectivity index (χ1) is 8.58. The van der Waals surface area contributed by atoms with Gasteiger partial charge in [-0.05, 0) is 55.7 Å². The van der Waals surface area contributed by atoms with Crippen molar-refractivity contribution < 1.29 is 8.78 Å². The molecule has 0 amide bonds. The molecule has 2 saturated carbocycles. The molecule has 0 heterocycles. The average Bonchev–Trinajstić information content (AvgIpc) is 3.16. The Morgan fingerprint density at radius 2 is 1.89 bits per heavy atom. The van der Waals surface area contributed by atoms with Crippen molar-refractivity contribution in [2.45, 2.75) is 44.1 Å². The van der Waals surface area contributed by atoms with Crippen molar-refractivity contribution in [2.24, 2.45) is 17.6 Å². The van der Waals surface area contributed by atoms with Gasteiger partial charge >= 0.3 is 0 Å². The van der Waals surface area contributed by atoms with E-state index in [9.17, 15) is 8.78 Å². The first-order valence-corrected chi connectivity index (χ1v) is 6.83. The van der Waals surface area contributed by atoms with Gasteiger partial charge in [0, 0.05) is 11.1 Å². The molecule has 2 unspecified atom stereocenters. The predicted molar refractivity (Wildman–Crippen MR) is 66.9 cm³/mol. The van der Waals surface area contributed by atoms with Gasteiger partial charge in [-0.3, -0.25) is 0 Å². The van der Waals surface area contributed by atoms with Crippen LogP contribution in [0.3, 0.4) is 0 Å². The fourth-order valence-corrected chi connectivity index (χ4v) is 3.45. The lowest BCUT2D eigenvalue weighted by Gasteiger charge is -2.38. The summed E-state index contributed by atoms with van der Waals surface area (Å²) in [6, 6.07) is 3.63. The zero-order chi connectivity index (χ0) is 12.8. The fraction of sp³-hybridized carbons (Fsp3) is 0.600. The lowest BCUT2D eigenvalue weighted by molar-refractivity contribution is 0.201. The zero-order valence-electron chi connectivity index (χ0n) is 10.5. The van der Waals surface area contributed by atoms with Gasteiger partial charge in [0.2, 0.25) is 0 Å². The molecule has 0 saturated heterocycles. The van der Waals surface area contributed by atoms with Crippen molar-refractivity contribution in [3.8, 4) is 0 Å². The van der Waals surface area contributed by atoms with Crippen LogP contribution in [0.1, 0.15) is 44.1 Å². The van der Waals surface area contributed by atoms with Gasteiger partial charge in [0.15, 0.2) is 0 Å². The molecule has 0 spiro atoms. The normalized spacial score (nSPS) is 32.5. The Bertz CT molecular complexity index is 456. The molecular formula is C15H19F2N. The van der Waals surface area contributed by atoms with Gasteiger partial charge in [0.25, 0.3) is 0 Å². The molecule has 2 aliphatic carbocycles. The van der Waals surface area contributed by atoms with E-state index < -0.39 is 11.4 Å². The van der Waals surface area contributed by atoms with Crippen molar-refractivity contribution in [3.05, 3.63) is 35.4 Å². The Balaban J connectivity index is 1.90. The molecule has 2 fully saturated rings. The third-order valence-corrected chi connectivity index (χ3v) is 4.58. The van der Waals surface area contributed by atoms with Crippen LogP contribution in [0.5, 0.6) is 0 Å². The van der Waals surface area contributed by atoms with Crippen LogP contribution in [-0.4, -0.2) is 0 Å². The molecule has 2 atom stereocenters. The van der Waals surface area contributed by atoms with E-state index in [0.29, 0.717) is 11.5 Å². The zero-order valence-corrected chi connectivity index (χ0v) is 10.5. The first-order valence-electron chi connectivity index (χ1n) is 6.83. The molecule has 0 aliphatic heterocycles. The van der Waals surface area contributed by atoms with Crippen LogP contribution in [0, 0.1) is 23.5 Å². The second-order valence-electron chi connectivity index (χ2n) is 5.97. The lowest BCUT2D eigenvalue weighted by Crippen LogP contribution is -2.42. The number of hydrogen-bond donors (Lipinski definition) is 1. The summed E-state index contributed by atoms with van der Waals surface area (Å²) in [5.74, 6) is 0.622. The van der Waals surface area contributed by atoms with E-state index >= 15 is 0 Å². The maximum absolute atomic E-state index is 13.9. The molecule has 2 aliphatic rings. The summed E-state index contributed by atoms with van der Waals surface area (Å²) in [7, 11) is 0. The van der Waals surface area contributed by atoms with E-state index in [1.165, 1.54) is 31.4 Å². The highest BCUT2D eigenvalue weighted by atomic mass is 19.1. The van der Waals surface area contributed by atoms with E-state index in [1.54, 1.807) is 0 Å². The van der Waals surface area contributed by atoms with Gasteiger partial charge in [-0.15, -0.1) is 0 Å². The van der Waals surface area contributed by atoms with Crippen LogP contribution in [0.2, 0.25) is 0 Å². The molecule has 1 nitrogen and oxygen atoms in total. The Labute approximate surface area is 106 Å². The largest absolute Gasteiger partial charge is 0.321 e. The molecular weight excluding hydrogens is 232 g/mol. The van der Waals surface area contributed by atoms with Gasteiger partial charge < -0.3 is 5.73 Å². The van der Waals surface area contributed by atoms with E-state index in [2.05, 4.69) is 0 Å². The van der Waals surface area contributed by atoms with E-state index in [1.807, 2.05) is 0 Å². The van der Waals surface area contributed by atoms with Crippen molar-refractivity contribution in [1.29, 1.82) is 0 Å². The minimum Gasteiger partial charge on any atom is -0.321 e.